The number of carbonyl (C=O) groups excluding carboxylic acids is 4. The SMILES string of the molecule is O=C1C(=O)N(C2(N3C(=O)C(=O)c4ccccc43)NO2)c2ccccc21. The molecule has 0 aromatic heterocycles. The summed E-state index contributed by atoms with van der Waals surface area (Å²) in [7, 11) is 0. The highest BCUT2D eigenvalue weighted by molar-refractivity contribution is 6.55. The molecule has 2 aromatic rings. The van der Waals surface area contributed by atoms with Crippen molar-refractivity contribution < 1.29 is 24.0 Å². The van der Waals surface area contributed by atoms with E-state index in [1.54, 1.807) is 36.4 Å². The van der Waals surface area contributed by atoms with E-state index >= 15 is 0 Å². The van der Waals surface area contributed by atoms with Gasteiger partial charge in [0.25, 0.3) is 11.6 Å². The zero-order chi connectivity index (χ0) is 17.3. The maximum Gasteiger partial charge on any atom is 0.337 e. The molecule has 0 atom stereocenters. The summed E-state index contributed by atoms with van der Waals surface area (Å²) < 4.78 is 0. The molecule has 3 aliphatic heterocycles. The second-order valence-corrected chi connectivity index (χ2v) is 5.79. The lowest BCUT2D eigenvalue weighted by atomic mass is 10.1. The number of para-hydroxylation sites is 2. The number of carbonyl (C=O) groups is 4. The van der Waals surface area contributed by atoms with Crippen LogP contribution in [0.2, 0.25) is 0 Å². The average molecular weight is 335 g/mol. The van der Waals surface area contributed by atoms with Gasteiger partial charge in [-0.05, 0) is 24.3 Å². The highest BCUT2D eigenvalue weighted by atomic mass is 16.9. The fraction of sp³-hybridized carbons (Fsp3) is 0.0588. The lowest BCUT2D eigenvalue weighted by molar-refractivity contribution is -0.117. The lowest BCUT2D eigenvalue weighted by Crippen LogP contribution is -2.58. The van der Waals surface area contributed by atoms with Gasteiger partial charge in [-0.2, -0.15) is 0 Å². The predicted octanol–water partition coefficient (Wildman–Crippen LogP) is 0.591. The molecule has 25 heavy (non-hydrogen) atoms. The van der Waals surface area contributed by atoms with E-state index in [0.717, 1.165) is 9.80 Å². The Bertz CT molecular complexity index is 933. The molecule has 0 radical (unpaired) electrons. The molecule has 5 rings (SSSR count). The number of nitrogens with zero attached hydrogens (tertiary/aromatic N) is 2. The van der Waals surface area contributed by atoms with Gasteiger partial charge in [-0.15, -0.1) is 5.48 Å². The van der Waals surface area contributed by atoms with E-state index in [-0.39, 0.29) is 11.1 Å². The molecule has 2 aromatic carbocycles. The van der Waals surface area contributed by atoms with Crippen LogP contribution in [0.25, 0.3) is 0 Å². The first kappa shape index (κ1) is 14.0. The lowest BCUT2D eigenvalue weighted by Gasteiger charge is -2.29. The number of benzene rings is 2. The minimum Gasteiger partial charge on any atom is -0.283 e. The number of hydroxylamine groups is 1. The number of anilines is 2. The highest BCUT2D eigenvalue weighted by Gasteiger charge is 2.67. The number of hydrogen-bond donors (Lipinski definition) is 1. The Hall–Kier alpha value is -3.36. The summed E-state index contributed by atoms with van der Waals surface area (Å²) in [6, 6.07) is 12.8. The Kier molecular flexibility index (Phi) is 2.46. The van der Waals surface area contributed by atoms with Crippen LogP contribution in [0.3, 0.4) is 0 Å². The van der Waals surface area contributed by atoms with Gasteiger partial charge >= 0.3 is 17.8 Å². The number of amides is 2. The van der Waals surface area contributed by atoms with Crippen LogP contribution in [-0.2, 0) is 14.4 Å². The van der Waals surface area contributed by atoms with Gasteiger partial charge in [-0.1, -0.05) is 24.3 Å². The largest absolute Gasteiger partial charge is 0.337 e. The van der Waals surface area contributed by atoms with Crippen LogP contribution in [0.1, 0.15) is 20.7 Å². The first-order chi connectivity index (χ1) is 12.1. The molecule has 1 saturated heterocycles. The van der Waals surface area contributed by atoms with E-state index in [1.165, 1.54) is 12.1 Å². The Morgan fingerprint density at radius 3 is 1.52 bits per heavy atom. The monoisotopic (exact) mass is 335 g/mol. The van der Waals surface area contributed by atoms with Gasteiger partial charge in [0.05, 0.1) is 22.5 Å². The maximum absolute atomic E-state index is 12.5. The molecule has 8 heteroatoms. The minimum atomic E-state index is -1.72. The van der Waals surface area contributed by atoms with Gasteiger partial charge in [-0.25, -0.2) is 14.6 Å². The molecule has 122 valence electrons. The van der Waals surface area contributed by atoms with Crippen molar-refractivity contribution in [2.75, 3.05) is 9.80 Å². The summed E-state index contributed by atoms with van der Waals surface area (Å²) in [6.07, 6.45) is 0. The van der Waals surface area contributed by atoms with Gasteiger partial charge in [0, 0.05) is 0 Å². The van der Waals surface area contributed by atoms with Crippen molar-refractivity contribution in [1.82, 2.24) is 5.48 Å². The normalized spacial score (nSPS) is 20.2. The molecular formula is C17H9N3O5. The van der Waals surface area contributed by atoms with Gasteiger partial charge in [0.2, 0.25) is 0 Å². The number of nitrogens with one attached hydrogen (secondary N) is 1. The second-order valence-electron chi connectivity index (χ2n) is 5.79. The van der Waals surface area contributed by atoms with Crippen molar-refractivity contribution in [2.45, 2.75) is 5.97 Å². The zero-order valence-corrected chi connectivity index (χ0v) is 12.6. The van der Waals surface area contributed by atoms with Crippen molar-refractivity contribution in [1.29, 1.82) is 0 Å². The van der Waals surface area contributed by atoms with Crippen molar-refractivity contribution in [2.24, 2.45) is 0 Å². The molecule has 0 unspecified atom stereocenters. The Balaban J connectivity index is 1.69. The van der Waals surface area contributed by atoms with Crippen LogP contribution >= 0.6 is 0 Å². The Morgan fingerprint density at radius 1 is 0.720 bits per heavy atom. The molecule has 8 nitrogen and oxygen atoms in total. The molecular weight excluding hydrogens is 326 g/mol. The number of ketones is 2. The molecule has 3 aliphatic rings. The number of hydrogen-bond acceptors (Lipinski definition) is 6. The third-order valence-corrected chi connectivity index (χ3v) is 4.46. The van der Waals surface area contributed by atoms with Gasteiger partial charge in [0.15, 0.2) is 0 Å². The van der Waals surface area contributed by atoms with Crippen LogP contribution in [0.5, 0.6) is 0 Å². The van der Waals surface area contributed by atoms with E-state index in [4.69, 9.17) is 4.84 Å². The van der Waals surface area contributed by atoms with Crippen molar-refractivity contribution >= 4 is 34.8 Å². The second kappa shape index (κ2) is 4.38. The smallest absolute Gasteiger partial charge is 0.283 e. The fourth-order valence-corrected chi connectivity index (χ4v) is 3.30. The number of rotatable bonds is 2. The quantitative estimate of drug-likeness (QED) is 0.635. The van der Waals surface area contributed by atoms with Gasteiger partial charge < -0.3 is 0 Å². The average Bonchev–Trinajstić information content (AvgIpc) is 3.31. The first-order valence-electron chi connectivity index (χ1n) is 7.47. The van der Waals surface area contributed by atoms with E-state index in [2.05, 4.69) is 5.48 Å². The molecule has 0 spiro atoms. The minimum absolute atomic E-state index is 0.218. The standard InChI is InChI=1S/C17H9N3O5/c21-13-9-5-1-3-7-11(9)19(15(13)23)17(18-25-17)20-12-8-4-2-6-10(12)14(22)16(20)24/h1-8,18H. The van der Waals surface area contributed by atoms with Crippen LogP contribution in [0.4, 0.5) is 11.4 Å². The van der Waals surface area contributed by atoms with Gasteiger partial charge in [0.1, 0.15) is 0 Å². The van der Waals surface area contributed by atoms with Crippen LogP contribution in [0, 0.1) is 0 Å². The van der Waals surface area contributed by atoms with Crippen molar-refractivity contribution in [3.8, 4) is 0 Å². The molecule has 1 fully saturated rings. The molecule has 0 saturated carbocycles. The maximum atomic E-state index is 12.5. The van der Waals surface area contributed by atoms with Crippen molar-refractivity contribution in [3.63, 3.8) is 0 Å². The summed E-state index contributed by atoms with van der Waals surface area (Å²) in [5, 5.41) is 0. The highest BCUT2D eigenvalue weighted by Crippen LogP contribution is 2.45. The van der Waals surface area contributed by atoms with Gasteiger partial charge in [-0.3, -0.25) is 19.2 Å². The van der Waals surface area contributed by atoms with Crippen LogP contribution in [-0.4, -0.2) is 29.4 Å². The number of Topliss-reactive ketones (excluding diaryl/α,β-unsaturated/α-hetero) is 2. The summed E-state index contributed by atoms with van der Waals surface area (Å²) in [5.74, 6) is -4.79. The van der Waals surface area contributed by atoms with Crippen LogP contribution < -0.4 is 15.3 Å². The van der Waals surface area contributed by atoms with Crippen molar-refractivity contribution in [3.05, 3.63) is 59.7 Å². The summed E-state index contributed by atoms with van der Waals surface area (Å²) in [6.45, 7) is 0. The molecule has 3 heterocycles. The van der Waals surface area contributed by atoms with E-state index < -0.39 is 29.4 Å². The third-order valence-electron chi connectivity index (χ3n) is 4.46. The molecule has 1 N–H and O–H groups in total. The Labute approximate surface area is 140 Å². The summed E-state index contributed by atoms with van der Waals surface area (Å²) in [4.78, 5) is 57.0. The van der Waals surface area contributed by atoms with Crippen LogP contribution in [0.15, 0.2) is 48.5 Å². The Morgan fingerprint density at radius 2 is 1.12 bits per heavy atom. The van der Waals surface area contributed by atoms with E-state index in [1.807, 2.05) is 0 Å². The summed E-state index contributed by atoms with van der Waals surface area (Å²) in [5.41, 5.74) is 3.58. The number of fused-ring (bicyclic) bond motifs is 2. The zero-order valence-electron chi connectivity index (χ0n) is 12.6. The third kappa shape index (κ3) is 1.57. The fourth-order valence-electron chi connectivity index (χ4n) is 3.30. The molecule has 0 bridgehead atoms. The topological polar surface area (TPSA) is 109 Å². The first-order valence-corrected chi connectivity index (χ1v) is 7.47. The summed E-state index contributed by atoms with van der Waals surface area (Å²) >= 11 is 0. The molecule has 2 amide bonds. The van der Waals surface area contributed by atoms with E-state index in [9.17, 15) is 19.2 Å². The predicted molar refractivity (Wildman–Crippen MR) is 83.5 cm³/mol. The van der Waals surface area contributed by atoms with E-state index in [0.29, 0.717) is 11.4 Å². The molecule has 0 aliphatic carbocycles.